The Kier molecular flexibility index (Phi) is 17.5. The number of rotatable bonds is 8. The van der Waals surface area contributed by atoms with Crippen molar-refractivity contribution in [2.45, 2.75) is 94.2 Å². The number of nitrogens with zero attached hydrogens (tertiary/aromatic N) is 8. The van der Waals surface area contributed by atoms with E-state index < -0.39 is 17.9 Å². The minimum atomic E-state index is -0.705. The Labute approximate surface area is 412 Å². The third-order valence-corrected chi connectivity index (χ3v) is 13.3. The number of piperidine rings is 1. The van der Waals surface area contributed by atoms with Gasteiger partial charge in [0.25, 0.3) is 5.91 Å². The van der Waals surface area contributed by atoms with Gasteiger partial charge in [0.05, 0.1) is 34.3 Å². The molecule has 2 aliphatic heterocycles. The van der Waals surface area contributed by atoms with Gasteiger partial charge in [0, 0.05) is 76.3 Å². The highest BCUT2D eigenvalue weighted by Gasteiger charge is 2.32. The fourth-order valence-corrected chi connectivity index (χ4v) is 8.83. The Bertz CT molecular complexity index is 2980. The average Bonchev–Trinajstić information content (AvgIpc) is 3.71. The highest BCUT2D eigenvalue weighted by molar-refractivity contribution is 6.01. The molecule has 4 aromatic heterocycles. The highest BCUT2D eigenvalue weighted by Crippen LogP contribution is 2.36. The summed E-state index contributed by atoms with van der Waals surface area (Å²) in [7, 11) is 3.52. The first kappa shape index (κ1) is 52.2. The maximum absolute atomic E-state index is 13.3. The van der Waals surface area contributed by atoms with E-state index in [9.17, 15) is 19.2 Å². The van der Waals surface area contributed by atoms with E-state index in [1.807, 2.05) is 65.1 Å². The number of nitrogens with one attached hydrogen (secondary N) is 2. The van der Waals surface area contributed by atoms with Gasteiger partial charge in [0.15, 0.2) is 5.65 Å². The van der Waals surface area contributed by atoms with Crippen LogP contribution < -0.4 is 27.0 Å². The van der Waals surface area contributed by atoms with Gasteiger partial charge in [-0.3, -0.25) is 38.7 Å². The second-order valence-electron chi connectivity index (χ2n) is 17.8. The SMILES string of the molecule is CC.CC.CNc1cc(C)nn2c(C(N)=O)cnc12.C[C@@H]1C[C@@H]1C.Cc1cccc(-c2ccc(CN3CCN(c4ccc(-c5cccc6c5n(C)c(=O)n6C5CCC(=O)NC5=O)cc4)CC3)cn2)c1C. The summed E-state index contributed by atoms with van der Waals surface area (Å²) in [5, 5.41) is 9.55. The first-order valence-corrected chi connectivity index (χ1v) is 24.7. The third kappa shape index (κ3) is 11.6. The molecule has 0 radical (unpaired) electrons. The number of carbonyl (C=O) groups is 3. The lowest BCUT2D eigenvalue weighted by Crippen LogP contribution is -2.45. The molecule has 3 amide bonds. The van der Waals surface area contributed by atoms with Gasteiger partial charge < -0.3 is 16.0 Å². The molecule has 7 aromatic rings. The monoisotopic (exact) mass is 950 g/mol. The molecule has 3 aromatic carbocycles. The summed E-state index contributed by atoms with van der Waals surface area (Å²) in [6.45, 7) is 23.4. The van der Waals surface area contributed by atoms with Gasteiger partial charge >= 0.3 is 5.69 Å². The number of hydrogen-bond acceptors (Lipinski definition) is 10. The maximum Gasteiger partial charge on any atom is 0.329 e. The zero-order valence-electron chi connectivity index (χ0n) is 42.8. The fraction of sp³-hybridized carbons (Fsp3) is 0.400. The minimum absolute atomic E-state index is 0.215. The summed E-state index contributed by atoms with van der Waals surface area (Å²) in [5.41, 5.74) is 18.0. The first-order chi connectivity index (χ1) is 33.7. The van der Waals surface area contributed by atoms with E-state index in [0.717, 1.165) is 78.3 Å². The Morgan fingerprint density at radius 1 is 0.829 bits per heavy atom. The van der Waals surface area contributed by atoms with Crippen molar-refractivity contribution in [3.8, 4) is 22.4 Å². The lowest BCUT2D eigenvalue weighted by atomic mass is 10.0. The number of fused-ring (bicyclic) bond motifs is 2. The van der Waals surface area contributed by atoms with Gasteiger partial charge in [-0.1, -0.05) is 90.1 Å². The van der Waals surface area contributed by atoms with Crippen LogP contribution in [0.1, 0.15) is 99.7 Å². The van der Waals surface area contributed by atoms with Gasteiger partial charge in [-0.15, -0.1) is 0 Å². The second-order valence-corrected chi connectivity index (χ2v) is 17.8. The van der Waals surface area contributed by atoms with Crippen LogP contribution in [0.3, 0.4) is 0 Å². The molecule has 1 aliphatic carbocycles. The predicted molar refractivity (Wildman–Crippen MR) is 282 cm³/mol. The number of carbonyl (C=O) groups excluding carboxylic acids is 3. The van der Waals surface area contributed by atoms with Crippen molar-refractivity contribution in [3.05, 3.63) is 130 Å². The van der Waals surface area contributed by atoms with Crippen molar-refractivity contribution in [1.82, 2.24) is 38.9 Å². The summed E-state index contributed by atoms with van der Waals surface area (Å²) in [6, 6.07) is 26.1. The van der Waals surface area contributed by atoms with Crippen molar-refractivity contribution in [2.75, 3.05) is 43.4 Å². The van der Waals surface area contributed by atoms with Crippen LogP contribution in [0.5, 0.6) is 0 Å². The molecule has 3 aliphatic rings. The van der Waals surface area contributed by atoms with Crippen LogP contribution in [-0.4, -0.2) is 84.6 Å². The average molecular weight is 950 g/mol. The van der Waals surface area contributed by atoms with E-state index in [4.69, 9.17) is 10.7 Å². The zero-order chi connectivity index (χ0) is 50.8. The Hall–Kier alpha value is -7.13. The summed E-state index contributed by atoms with van der Waals surface area (Å²) < 4.78 is 4.58. The number of hydrogen-bond donors (Lipinski definition) is 3. The standard InChI is InChI=1S/C37H38N6O3.C9H11N5O.C5H10.2C2H6/c1-24-6-4-7-29(25(24)2)31-15-10-26(22-38-31)23-41-18-20-42(21-19-41)28-13-11-27(12-14-28)30-8-5-9-32-35(30)40(3)37(46)43(32)33-16-17-34(44)39-36(33)45;1-5-3-6(11-2)9-12-4-7(8(10)15)14(9)13-5;1-4-3-5(4)2;2*1-2/h4-15,22,33H,16-21,23H2,1-3H3,(H,39,44,45);3-4,11H,1-2H3,(H2,10,15);4-5H,3H2,1-2H3;2*1-2H3/t;;4-,5+;;. The predicted octanol–water partition coefficient (Wildman–Crippen LogP) is 8.88. The maximum atomic E-state index is 13.3. The number of imide groups is 1. The highest BCUT2D eigenvalue weighted by atomic mass is 16.2. The van der Waals surface area contributed by atoms with Gasteiger partial charge in [0.2, 0.25) is 11.8 Å². The molecule has 4 N–H and O–H groups in total. The molecule has 0 bridgehead atoms. The lowest BCUT2D eigenvalue weighted by Gasteiger charge is -2.36. The smallest absolute Gasteiger partial charge is 0.329 e. The minimum Gasteiger partial charge on any atom is -0.385 e. The summed E-state index contributed by atoms with van der Waals surface area (Å²) in [6.07, 6.45) is 5.43. The van der Waals surface area contributed by atoms with Crippen LogP contribution in [0.4, 0.5) is 11.4 Å². The van der Waals surface area contributed by atoms with Crippen molar-refractivity contribution in [2.24, 2.45) is 24.6 Å². The summed E-state index contributed by atoms with van der Waals surface area (Å²) in [4.78, 5) is 62.5. The Morgan fingerprint density at radius 2 is 1.49 bits per heavy atom. The summed E-state index contributed by atoms with van der Waals surface area (Å²) in [5.74, 6) is 0.837. The van der Waals surface area contributed by atoms with Gasteiger partial charge in [-0.05, 0) is 98.0 Å². The number of para-hydroxylation sites is 1. The fourth-order valence-electron chi connectivity index (χ4n) is 8.83. The van der Waals surface area contributed by atoms with E-state index in [2.05, 4.69) is 113 Å². The van der Waals surface area contributed by atoms with Crippen LogP contribution in [-0.2, 0) is 23.2 Å². The van der Waals surface area contributed by atoms with Crippen molar-refractivity contribution < 1.29 is 14.4 Å². The molecule has 6 heterocycles. The van der Waals surface area contributed by atoms with Crippen LogP contribution in [0.15, 0.2) is 96.1 Å². The number of amides is 3. The quantitative estimate of drug-likeness (QED) is 0.125. The molecular weight excluding hydrogens is 879 g/mol. The van der Waals surface area contributed by atoms with Crippen LogP contribution in [0.25, 0.3) is 39.1 Å². The number of pyridine rings is 1. The Balaban J connectivity index is 0.000000275. The van der Waals surface area contributed by atoms with E-state index in [1.54, 1.807) is 18.7 Å². The van der Waals surface area contributed by atoms with Gasteiger partial charge in [0.1, 0.15) is 11.7 Å². The molecule has 70 heavy (non-hydrogen) atoms. The van der Waals surface area contributed by atoms with Crippen molar-refractivity contribution >= 4 is 45.8 Å². The molecule has 1 unspecified atom stereocenters. The zero-order valence-corrected chi connectivity index (χ0v) is 42.8. The topological polar surface area (TPSA) is 178 Å². The molecule has 3 fully saturated rings. The molecule has 15 heteroatoms. The molecule has 15 nitrogen and oxygen atoms in total. The number of aryl methyl sites for hydroxylation is 3. The molecule has 1 saturated carbocycles. The first-order valence-electron chi connectivity index (χ1n) is 24.7. The molecule has 370 valence electrons. The van der Waals surface area contributed by atoms with Crippen LogP contribution >= 0.6 is 0 Å². The van der Waals surface area contributed by atoms with E-state index in [-0.39, 0.29) is 23.7 Å². The third-order valence-electron chi connectivity index (χ3n) is 13.3. The number of nitrogens with two attached hydrogens (primary N) is 1. The number of imidazole rings is 2. The van der Waals surface area contributed by atoms with Crippen LogP contribution in [0.2, 0.25) is 0 Å². The van der Waals surface area contributed by atoms with Crippen LogP contribution in [0, 0.1) is 32.6 Å². The van der Waals surface area contributed by atoms with Crippen molar-refractivity contribution in [1.29, 1.82) is 0 Å². The second kappa shape index (κ2) is 23.5. The molecular formula is C55H71N11O4. The van der Waals surface area contributed by atoms with E-state index >= 15 is 0 Å². The van der Waals surface area contributed by atoms with Gasteiger partial charge in [-0.25, -0.2) is 14.3 Å². The number of primary amides is 1. The number of anilines is 2. The number of aromatic nitrogens is 6. The molecule has 2 saturated heterocycles. The van der Waals surface area contributed by atoms with E-state index in [1.165, 1.54) is 49.6 Å². The van der Waals surface area contributed by atoms with Crippen molar-refractivity contribution in [3.63, 3.8) is 0 Å². The van der Waals surface area contributed by atoms with E-state index in [0.29, 0.717) is 17.6 Å². The molecule has 0 spiro atoms. The Morgan fingerprint density at radius 3 is 2.09 bits per heavy atom. The number of benzene rings is 3. The number of piperazine rings is 1. The lowest BCUT2D eigenvalue weighted by molar-refractivity contribution is -0.135. The normalized spacial score (nSPS) is 17.4. The van der Waals surface area contributed by atoms with Gasteiger partial charge in [-0.2, -0.15) is 5.10 Å². The molecule has 10 rings (SSSR count). The largest absolute Gasteiger partial charge is 0.385 e. The summed E-state index contributed by atoms with van der Waals surface area (Å²) >= 11 is 0. The molecule has 3 atom stereocenters.